The van der Waals surface area contributed by atoms with Gasteiger partial charge in [0.15, 0.2) is 0 Å². The van der Waals surface area contributed by atoms with E-state index in [0.29, 0.717) is 19.6 Å². The summed E-state index contributed by atoms with van der Waals surface area (Å²) in [5.41, 5.74) is 0. The molecule has 13 heavy (non-hydrogen) atoms. The van der Waals surface area contributed by atoms with Crippen molar-refractivity contribution in [3.8, 4) is 0 Å². The van der Waals surface area contributed by atoms with Crippen molar-refractivity contribution in [3.63, 3.8) is 0 Å². The number of nitrogens with zero attached hydrogens (tertiary/aromatic N) is 1. The fourth-order valence-corrected chi connectivity index (χ4v) is 1.64. The van der Waals surface area contributed by atoms with E-state index in [0.717, 1.165) is 0 Å². The Morgan fingerprint density at radius 1 is 1.69 bits per heavy atom. The molecule has 1 amide bonds. The molecule has 5 nitrogen and oxygen atoms in total. The Morgan fingerprint density at radius 2 is 2.38 bits per heavy atom. The van der Waals surface area contributed by atoms with Crippen molar-refractivity contribution in [2.75, 3.05) is 19.8 Å². The van der Waals surface area contributed by atoms with Crippen LogP contribution in [0.5, 0.6) is 0 Å². The molecule has 0 bridgehead atoms. The molecule has 76 valence electrons. The van der Waals surface area contributed by atoms with E-state index in [-0.39, 0.29) is 18.8 Å². The monoisotopic (exact) mass is 189 g/mol. The molecule has 1 rings (SSSR count). The van der Waals surface area contributed by atoms with Crippen LogP contribution in [-0.2, 0) is 4.74 Å². The number of likely N-dealkylation sites (tertiary alicyclic amines) is 1. The number of rotatable bonds is 3. The van der Waals surface area contributed by atoms with Gasteiger partial charge in [0, 0.05) is 6.61 Å². The summed E-state index contributed by atoms with van der Waals surface area (Å²) in [7, 11) is 0. The van der Waals surface area contributed by atoms with Crippen LogP contribution >= 0.6 is 0 Å². The fraction of sp³-hybridized carbons (Fsp3) is 0.875. The van der Waals surface area contributed by atoms with Crippen LogP contribution in [0.1, 0.15) is 13.3 Å². The second-order valence-electron chi connectivity index (χ2n) is 3.08. The van der Waals surface area contributed by atoms with Gasteiger partial charge in [-0.05, 0) is 13.3 Å². The number of aliphatic hydroxyl groups excluding tert-OH is 1. The van der Waals surface area contributed by atoms with Gasteiger partial charge >= 0.3 is 6.09 Å². The highest BCUT2D eigenvalue weighted by molar-refractivity contribution is 5.66. The highest BCUT2D eigenvalue weighted by atomic mass is 16.5. The Balaban J connectivity index is 2.50. The standard InChI is InChI=1S/C8H15NO4/c1-2-13-7-3-6(5-10)9(4-7)8(11)12/h6-7,10H,2-5H2,1H3,(H,11,12). The number of ether oxygens (including phenoxy) is 1. The van der Waals surface area contributed by atoms with E-state index in [9.17, 15) is 4.79 Å². The maximum atomic E-state index is 10.7. The van der Waals surface area contributed by atoms with Crippen molar-refractivity contribution in [1.82, 2.24) is 4.90 Å². The van der Waals surface area contributed by atoms with Crippen molar-refractivity contribution in [2.45, 2.75) is 25.5 Å². The SMILES string of the molecule is CCOC1CC(CO)N(C(=O)O)C1. The average molecular weight is 189 g/mol. The third-order valence-corrected chi connectivity index (χ3v) is 2.23. The van der Waals surface area contributed by atoms with Gasteiger partial charge in [0.25, 0.3) is 0 Å². The van der Waals surface area contributed by atoms with Gasteiger partial charge in [-0.15, -0.1) is 0 Å². The first kappa shape index (κ1) is 10.3. The molecule has 2 N–H and O–H groups in total. The summed E-state index contributed by atoms with van der Waals surface area (Å²) in [6, 6.07) is -0.297. The van der Waals surface area contributed by atoms with Gasteiger partial charge in [0.1, 0.15) is 0 Å². The molecule has 5 heteroatoms. The molecule has 0 saturated carbocycles. The lowest BCUT2D eigenvalue weighted by molar-refractivity contribution is 0.0679. The minimum atomic E-state index is -0.985. The molecule has 0 aromatic rings. The Hall–Kier alpha value is -0.810. The molecule has 1 aliphatic heterocycles. The number of carboxylic acid groups (broad SMARTS) is 1. The Kier molecular flexibility index (Phi) is 3.50. The maximum Gasteiger partial charge on any atom is 0.407 e. The lowest BCUT2D eigenvalue weighted by atomic mass is 10.2. The van der Waals surface area contributed by atoms with E-state index in [2.05, 4.69) is 0 Å². The van der Waals surface area contributed by atoms with Crippen LogP contribution < -0.4 is 0 Å². The summed E-state index contributed by atoms with van der Waals surface area (Å²) in [6.07, 6.45) is -0.448. The zero-order chi connectivity index (χ0) is 9.84. The smallest absolute Gasteiger partial charge is 0.407 e. The molecular weight excluding hydrogens is 174 g/mol. The van der Waals surface area contributed by atoms with Gasteiger partial charge in [-0.2, -0.15) is 0 Å². The highest BCUT2D eigenvalue weighted by Crippen LogP contribution is 2.19. The van der Waals surface area contributed by atoms with Gasteiger partial charge in [0.05, 0.1) is 25.3 Å². The van der Waals surface area contributed by atoms with Crippen molar-refractivity contribution < 1.29 is 19.7 Å². The Morgan fingerprint density at radius 3 is 2.77 bits per heavy atom. The van der Waals surface area contributed by atoms with Crippen LogP contribution in [0.25, 0.3) is 0 Å². The average Bonchev–Trinajstić information content (AvgIpc) is 2.48. The molecule has 0 aliphatic carbocycles. The van der Waals surface area contributed by atoms with Crippen LogP contribution in [0.4, 0.5) is 4.79 Å². The summed E-state index contributed by atoms with van der Waals surface area (Å²) in [5, 5.41) is 17.7. The van der Waals surface area contributed by atoms with Crippen LogP contribution in [-0.4, -0.2) is 53.1 Å². The van der Waals surface area contributed by atoms with E-state index in [1.807, 2.05) is 6.92 Å². The van der Waals surface area contributed by atoms with Crippen molar-refractivity contribution >= 4 is 6.09 Å². The lowest BCUT2D eigenvalue weighted by Gasteiger charge is -2.18. The first-order chi connectivity index (χ1) is 6.19. The fourth-order valence-electron chi connectivity index (χ4n) is 1.64. The third-order valence-electron chi connectivity index (χ3n) is 2.23. The first-order valence-electron chi connectivity index (χ1n) is 4.41. The van der Waals surface area contributed by atoms with Crippen LogP contribution in [0.15, 0.2) is 0 Å². The molecular formula is C8H15NO4. The number of aliphatic hydroxyl groups is 1. The van der Waals surface area contributed by atoms with Gasteiger partial charge in [-0.3, -0.25) is 0 Å². The molecule has 0 aromatic heterocycles. The second-order valence-corrected chi connectivity index (χ2v) is 3.08. The number of hydrogen-bond acceptors (Lipinski definition) is 3. The third kappa shape index (κ3) is 2.32. The molecule has 2 unspecified atom stereocenters. The zero-order valence-corrected chi connectivity index (χ0v) is 7.64. The van der Waals surface area contributed by atoms with Crippen LogP contribution in [0, 0.1) is 0 Å². The number of hydrogen-bond donors (Lipinski definition) is 2. The number of carbonyl (C=O) groups is 1. The summed E-state index contributed by atoms with van der Waals surface area (Å²) in [5.74, 6) is 0. The maximum absolute atomic E-state index is 10.7. The summed E-state index contributed by atoms with van der Waals surface area (Å²) < 4.78 is 5.30. The number of amides is 1. The summed E-state index contributed by atoms with van der Waals surface area (Å²) in [4.78, 5) is 11.9. The first-order valence-corrected chi connectivity index (χ1v) is 4.41. The van der Waals surface area contributed by atoms with Gasteiger partial charge in [-0.1, -0.05) is 0 Å². The second kappa shape index (κ2) is 4.43. The predicted molar refractivity (Wildman–Crippen MR) is 45.6 cm³/mol. The molecule has 1 heterocycles. The normalized spacial score (nSPS) is 28.0. The quantitative estimate of drug-likeness (QED) is 0.662. The molecule has 1 fully saturated rings. The van der Waals surface area contributed by atoms with Gasteiger partial charge in [0.2, 0.25) is 0 Å². The van der Waals surface area contributed by atoms with Crippen LogP contribution in [0.2, 0.25) is 0 Å². The van der Waals surface area contributed by atoms with E-state index in [4.69, 9.17) is 14.9 Å². The minimum Gasteiger partial charge on any atom is -0.465 e. The topological polar surface area (TPSA) is 70.0 Å². The largest absolute Gasteiger partial charge is 0.465 e. The highest BCUT2D eigenvalue weighted by Gasteiger charge is 2.34. The van der Waals surface area contributed by atoms with E-state index in [1.165, 1.54) is 4.90 Å². The molecule has 2 atom stereocenters. The minimum absolute atomic E-state index is 0.0572. The van der Waals surface area contributed by atoms with Gasteiger partial charge < -0.3 is 19.8 Å². The van der Waals surface area contributed by atoms with Crippen molar-refractivity contribution in [2.24, 2.45) is 0 Å². The van der Waals surface area contributed by atoms with E-state index >= 15 is 0 Å². The Labute approximate surface area is 76.9 Å². The van der Waals surface area contributed by atoms with Crippen molar-refractivity contribution in [3.05, 3.63) is 0 Å². The lowest BCUT2D eigenvalue weighted by Crippen LogP contribution is -2.36. The molecule has 0 radical (unpaired) electrons. The van der Waals surface area contributed by atoms with E-state index < -0.39 is 6.09 Å². The Bertz CT molecular complexity index is 185. The molecule has 1 aliphatic rings. The predicted octanol–water partition coefficient (Wildman–Crippen LogP) is 0.136. The zero-order valence-electron chi connectivity index (χ0n) is 7.64. The van der Waals surface area contributed by atoms with Crippen molar-refractivity contribution in [1.29, 1.82) is 0 Å². The summed E-state index contributed by atoms with van der Waals surface area (Å²) in [6.45, 7) is 2.69. The van der Waals surface area contributed by atoms with Gasteiger partial charge in [-0.25, -0.2) is 4.79 Å². The molecule has 0 spiro atoms. The summed E-state index contributed by atoms with van der Waals surface area (Å²) >= 11 is 0. The molecule has 1 saturated heterocycles. The molecule has 0 aromatic carbocycles. The van der Waals surface area contributed by atoms with Crippen LogP contribution in [0.3, 0.4) is 0 Å². The van der Waals surface area contributed by atoms with E-state index in [1.54, 1.807) is 0 Å².